The molecule has 0 saturated heterocycles. The van der Waals surface area contributed by atoms with Gasteiger partial charge in [-0.05, 0) is 45.4 Å². The molecule has 1 rings (SSSR count). The predicted molar refractivity (Wildman–Crippen MR) is 119 cm³/mol. The summed E-state index contributed by atoms with van der Waals surface area (Å²) >= 11 is 0. The van der Waals surface area contributed by atoms with Gasteiger partial charge in [0.15, 0.2) is 0 Å². The molecule has 11 nitrogen and oxygen atoms in total. The van der Waals surface area contributed by atoms with Crippen LogP contribution in [-0.2, 0) is 30.4 Å². The number of rotatable bonds is 18. The third-order valence-corrected chi connectivity index (χ3v) is 4.31. The Kier molecular flexibility index (Phi) is 14.0. The van der Waals surface area contributed by atoms with Crippen molar-refractivity contribution in [1.29, 1.82) is 0 Å². The number of hydrogen-bond acceptors (Lipinski definition) is 9. The molecule has 0 radical (unpaired) electrons. The van der Waals surface area contributed by atoms with E-state index in [1.54, 1.807) is 12.1 Å². The van der Waals surface area contributed by atoms with E-state index in [1.165, 1.54) is 4.90 Å². The van der Waals surface area contributed by atoms with E-state index in [0.717, 1.165) is 5.56 Å². The van der Waals surface area contributed by atoms with E-state index < -0.39 is 11.2 Å². The molecule has 0 bridgehead atoms. The normalized spacial score (nSPS) is 12.1. The van der Waals surface area contributed by atoms with Crippen molar-refractivity contribution < 1.29 is 38.8 Å². The second kappa shape index (κ2) is 16.2. The minimum Gasteiger partial charge on any atom is -0.491 e. The summed E-state index contributed by atoms with van der Waals surface area (Å²) in [5, 5.41) is 19.5. The zero-order valence-electron chi connectivity index (χ0n) is 19.8. The summed E-state index contributed by atoms with van der Waals surface area (Å²) in [7, 11) is 0. The highest BCUT2D eigenvalue weighted by Gasteiger charge is 2.21. The first-order chi connectivity index (χ1) is 15.7. The molecule has 0 heterocycles. The molecular formula is C22H36N2O9. The lowest BCUT2D eigenvalue weighted by atomic mass is 10.2. The molecule has 0 aliphatic carbocycles. The van der Waals surface area contributed by atoms with Crippen molar-refractivity contribution in [2.75, 3.05) is 46.2 Å². The van der Waals surface area contributed by atoms with E-state index in [4.69, 9.17) is 18.9 Å². The van der Waals surface area contributed by atoms with Gasteiger partial charge in [-0.15, -0.1) is 10.1 Å². The van der Waals surface area contributed by atoms with Crippen LogP contribution in [0.5, 0.6) is 5.75 Å². The number of carbonyl (C=O) groups is 1. The first kappa shape index (κ1) is 28.6. The highest BCUT2D eigenvalue weighted by Crippen LogP contribution is 2.14. The van der Waals surface area contributed by atoms with Crippen molar-refractivity contribution in [3.63, 3.8) is 0 Å². The molecule has 33 heavy (non-hydrogen) atoms. The maximum atomic E-state index is 12.3. The molecule has 0 aromatic heterocycles. The smallest absolute Gasteiger partial charge is 0.294 e. The molecule has 1 amide bonds. The number of carbonyl (C=O) groups excluding carboxylic acids is 1. The van der Waals surface area contributed by atoms with Crippen LogP contribution in [0.15, 0.2) is 24.3 Å². The van der Waals surface area contributed by atoms with E-state index >= 15 is 0 Å². The Balaban J connectivity index is 2.35. The molecule has 11 heteroatoms. The van der Waals surface area contributed by atoms with Gasteiger partial charge in [0.25, 0.3) is 5.09 Å². The maximum Gasteiger partial charge on any atom is 0.294 e. The number of amides is 1. The van der Waals surface area contributed by atoms with Gasteiger partial charge >= 0.3 is 0 Å². The molecule has 0 aliphatic rings. The van der Waals surface area contributed by atoms with Crippen LogP contribution in [0, 0.1) is 10.1 Å². The van der Waals surface area contributed by atoms with Gasteiger partial charge in [-0.1, -0.05) is 12.1 Å². The highest BCUT2D eigenvalue weighted by molar-refractivity contribution is 5.77. The summed E-state index contributed by atoms with van der Waals surface area (Å²) in [6.07, 6.45) is -0.722. The van der Waals surface area contributed by atoms with Crippen molar-refractivity contribution in [1.82, 2.24) is 4.90 Å². The predicted octanol–water partition coefficient (Wildman–Crippen LogP) is 1.83. The first-order valence-electron chi connectivity index (χ1n) is 10.9. The number of nitrogens with zero attached hydrogens (tertiary/aromatic N) is 2. The molecule has 1 aromatic carbocycles. The lowest BCUT2D eigenvalue weighted by Gasteiger charge is -2.29. The fraction of sp³-hybridized carbons (Fsp3) is 0.682. The van der Waals surface area contributed by atoms with Crippen LogP contribution < -0.4 is 4.74 Å². The van der Waals surface area contributed by atoms with Crippen LogP contribution in [0.25, 0.3) is 0 Å². The third-order valence-electron chi connectivity index (χ3n) is 4.31. The summed E-state index contributed by atoms with van der Waals surface area (Å²) in [4.78, 5) is 28.0. The molecule has 0 fully saturated rings. The zero-order valence-corrected chi connectivity index (χ0v) is 19.8. The van der Waals surface area contributed by atoms with Crippen molar-refractivity contribution in [3.8, 4) is 5.75 Å². The van der Waals surface area contributed by atoms with Crippen molar-refractivity contribution in [2.24, 2.45) is 0 Å². The van der Waals surface area contributed by atoms with Crippen molar-refractivity contribution >= 4 is 5.91 Å². The Labute approximate surface area is 194 Å². The highest BCUT2D eigenvalue weighted by atomic mass is 17.0. The summed E-state index contributed by atoms with van der Waals surface area (Å²) < 4.78 is 21.7. The van der Waals surface area contributed by atoms with Crippen LogP contribution in [0.1, 0.15) is 33.3 Å². The summed E-state index contributed by atoms with van der Waals surface area (Å²) in [6, 6.07) is 7.19. The fourth-order valence-electron chi connectivity index (χ4n) is 2.70. The minimum absolute atomic E-state index is 0.0103. The van der Waals surface area contributed by atoms with Gasteiger partial charge in [-0.25, -0.2) is 0 Å². The summed E-state index contributed by atoms with van der Waals surface area (Å²) in [5.74, 6) is 0.255. The second-order valence-electron chi connectivity index (χ2n) is 7.83. The van der Waals surface area contributed by atoms with Gasteiger partial charge in [0.2, 0.25) is 5.91 Å². The van der Waals surface area contributed by atoms with Crippen LogP contribution >= 0.6 is 0 Å². The Morgan fingerprint density at radius 2 is 1.73 bits per heavy atom. The van der Waals surface area contributed by atoms with E-state index in [1.807, 2.05) is 39.8 Å². The second-order valence-corrected chi connectivity index (χ2v) is 7.83. The van der Waals surface area contributed by atoms with Crippen LogP contribution in [0.4, 0.5) is 0 Å². The lowest BCUT2D eigenvalue weighted by molar-refractivity contribution is -0.758. The molecule has 1 atom stereocenters. The molecule has 0 spiro atoms. The monoisotopic (exact) mass is 472 g/mol. The lowest BCUT2D eigenvalue weighted by Crippen LogP contribution is -2.45. The number of aliphatic hydroxyl groups is 1. The van der Waals surface area contributed by atoms with Gasteiger partial charge in [0, 0.05) is 6.04 Å². The first-order valence-corrected chi connectivity index (χ1v) is 10.9. The standard InChI is InChI=1S/C22H36N2O9/c1-17(2)23(22(26)16-30-10-12-33-24(27)28)13-20(25)15-32-21-7-5-19(6-8-21)14-29-9-11-31-18(3)4/h5-8,17-18,20,25H,9-16H2,1-4H3. The summed E-state index contributed by atoms with van der Waals surface area (Å²) in [5.41, 5.74) is 0.993. The molecule has 1 aromatic rings. The molecule has 0 saturated carbocycles. The Bertz CT molecular complexity index is 683. The zero-order chi connectivity index (χ0) is 24.6. The molecular weight excluding hydrogens is 436 g/mol. The maximum absolute atomic E-state index is 12.3. The topological polar surface area (TPSA) is 130 Å². The van der Waals surface area contributed by atoms with E-state index in [2.05, 4.69) is 4.84 Å². The molecule has 188 valence electrons. The molecule has 0 aliphatic heterocycles. The number of ether oxygens (including phenoxy) is 4. The van der Waals surface area contributed by atoms with E-state index in [0.29, 0.717) is 25.6 Å². The number of aliphatic hydroxyl groups excluding tert-OH is 1. The van der Waals surface area contributed by atoms with Gasteiger partial charge in [-0.3, -0.25) is 4.79 Å². The third kappa shape index (κ3) is 13.6. The van der Waals surface area contributed by atoms with Gasteiger partial charge in [0.1, 0.15) is 31.7 Å². The Morgan fingerprint density at radius 3 is 2.33 bits per heavy atom. The minimum atomic E-state index is -0.923. The van der Waals surface area contributed by atoms with E-state index in [-0.39, 0.29) is 51.0 Å². The van der Waals surface area contributed by atoms with Crippen LogP contribution in [-0.4, -0.2) is 85.4 Å². The van der Waals surface area contributed by atoms with Crippen LogP contribution in [0.2, 0.25) is 0 Å². The van der Waals surface area contributed by atoms with E-state index in [9.17, 15) is 20.0 Å². The van der Waals surface area contributed by atoms with Crippen molar-refractivity contribution in [3.05, 3.63) is 39.9 Å². The average molecular weight is 473 g/mol. The summed E-state index contributed by atoms with van der Waals surface area (Å²) in [6.45, 7) is 8.59. The molecule has 1 unspecified atom stereocenters. The molecule has 1 N–H and O–H groups in total. The largest absolute Gasteiger partial charge is 0.491 e. The van der Waals surface area contributed by atoms with Crippen LogP contribution in [0.3, 0.4) is 0 Å². The van der Waals surface area contributed by atoms with Gasteiger partial charge in [-0.2, -0.15) is 0 Å². The Hall–Kier alpha value is -2.47. The average Bonchev–Trinajstić information content (AvgIpc) is 2.75. The SMILES string of the molecule is CC(C)OCCOCc1ccc(OCC(O)CN(C(=O)COCCO[N+](=O)[O-])C(C)C)cc1. The Morgan fingerprint density at radius 1 is 1.06 bits per heavy atom. The number of hydrogen-bond donors (Lipinski definition) is 1. The number of benzene rings is 1. The van der Waals surface area contributed by atoms with Gasteiger partial charge in [0.05, 0.1) is 39.1 Å². The quantitative estimate of drug-likeness (QED) is 0.193. The van der Waals surface area contributed by atoms with Gasteiger partial charge < -0.3 is 33.8 Å². The fourth-order valence-corrected chi connectivity index (χ4v) is 2.70. The van der Waals surface area contributed by atoms with Crippen molar-refractivity contribution in [2.45, 2.75) is 52.6 Å².